The fourth-order valence-electron chi connectivity index (χ4n) is 1.05. The highest BCUT2D eigenvalue weighted by Gasteiger charge is 2.09. The summed E-state index contributed by atoms with van der Waals surface area (Å²) in [6.45, 7) is 0. The molecule has 1 aromatic heterocycles. The summed E-state index contributed by atoms with van der Waals surface area (Å²) in [6, 6.07) is 5.26. The van der Waals surface area contributed by atoms with Gasteiger partial charge in [-0.05, 0) is 18.2 Å². The number of rotatable bonds is 3. The van der Waals surface area contributed by atoms with Gasteiger partial charge >= 0.3 is 6.08 Å². The lowest BCUT2D eigenvalue weighted by Gasteiger charge is -2.03. The maximum Gasteiger partial charge on any atom is 0.399 e. The number of ether oxygens (including phenoxy) is 1. The van der Waals surface area contributed by atoms with Gasteiger partial charge in [0.1, 0.15) is 6.26 Å². The van der Waals surface area contributed by atoms with Crippen molar-refractivity contribution in [2.75, 3.05) is 0 Å². The maximum absolute atomic E-state index is 5.95. The Kier molecular flexibility index (Phi) is 3.74. The minimum Gasteiger partial charge on any atom is -0.417 e. The highest BCUT2D eigenvalue weighted by Crippen LogP contribution is 2.31. The van der Waals surface area contributed by atoms with Crippen LogP contribution in [-0.4, -0.2) is 4.98 Å². The summed E-state index contributed by atoms with van der Waals surface area (Å²) < 4.78 is 11.3. The summed E-state index contributed by atoms with van der Waals surface area (Å²) in [7, 11) is 0. The van der Waals surface area contributed by atoms with Crippen LogP contribution in [0.4, 0.5) is 0 Å². The summed E-state index contributed by atoms with van der Waals surface area (Å²) in [6.07, 6.45) is 1.56. The summed E-state index contributed by atoms with van der Waals surface area (Å²) in [5.74, 6) is 0.748. The molecule has 0 aliphatic rings. The molecule has 0 aliphatic heterocycles. The Balaban J connectivity index is 2.22. The summed E-state index contributed by atoms with van der Waals surface area (Å²) in [5, 5.41) is 0.480. The van der Waals surface area contributed by atoms with Gasteiger partial charge in [0.2, 0.25) is 0 Å². The highest BCUT2D eigenvalue weighted by molar-refractivity contribution is 9.10. The normalized spacial score (nSPS) is 10.4. The molecule has 0 atom stereocenters. The van der Waals surface area contributed by atoms with Gasteiger partial charge in [0.15, 0.2) is 5.75 Å². The van der Waals surface area contributed by atoms with E-state index in [-0.39, 0.29) is 12.0 Å². The molecule has 0 saturated heterocycles. The molecule has 2 rings (SSSR count). The van der Waals surface area contributed by atoms with E-state index in [0.717, 1.165) is 4.47 Å². The number of benzene rings is 1. The van der Waals surface area contributed by atoms with Gasteiger partial charge in [-0.1, -0.05) is 27.5 Å². The van der Waals surface area contributed by atoms with Gasteiger partial charge in [-0.3, -0.25) is 0 Å². The van der Waals surface area contributed by atoms with E-state index in [4.69, 9.17) is 32.4 Å². The number of alkyl halides is 1. The third-order valence-electron chi connectivity index (χ3n) is 1.76. The standard InChI is InChI=1S/C10H6BrCl2NO2/c11-6-1-2-8(13)9(3-6)16-10-14-7(4-12)5-15-10/h1-3,5H,4H2. The monoisotopic (exact) mass is 321 g/mol. The van der Waals surface area contributed by atoms with E-state index in [1.165, 1.54) is 6.26 Å². The fraction of sp³-hybridized carbons (Fsp3) is 0.100. The van der Waals surface area contributed by atoms with Gasteiger partial charge in [0.25, 0.3) is 0 Å². The smallest absolute Gasteiger partial charge is 0.399 e. The number of nitrogens with zero attached hydrogens (tertiary/aromatic N) is 1. The van der Waals surface area contributed by atoms with Crippen LogP contribution in [0.1, 0.15) is 5.69 Å². The molecule has 2 aromatic rings. The second kappa shape index (κ2) is 5.08. The molecule has 0 saturated carbocycles. The van der Waals surface area contributed by atoms with Gasteiger partial charge in [-0.25, -0.2) is 0 Å². The molecule has 6 heteroatoms. The van der Waals surface area contributed by atoms with E-state index in [2.05, 4.69) is 20.9 Å². The summed E-state index contributed by atoms with van der Waals surface area (Å²) in [5.41, 5.74) is 0.614. The van der Waals surface area contributed by atoms with Crippen molar-refractivity contribution in [2.45, 2.75) is 5.88 Å². The fourth-order valence-corrected chi connectivity index (χ4v) is 1.67. The molecule has 0 fully saturated rings. The van der Waals surface area contributed by atoms with Crippen LogP contribution in [-0.2, 0) is 5.88 Å². The highest BCUT2D eigenvalue weighted by atomic mass is 79.9. The maximum atomic E-state index is 5.95. The lowest BCUT2D eigenvalue weighted by atomic mass is 10.3. The van der Waals surface area contributed by atoms with E-state index >= 15 is 0 Å². The molecule has 16 heavy (non-hydrogen) atoms. The largest absolute Gasteiger partial charge is 0.417 e. The molecule has 1 aromatic carbocycles. The van der Waals surface area contributed by atoms with Crippen LogP contribution in [0.15, 0.2) is 33.4 Å². The Morgan fingerprint density at radius 2 is 2.25 bits per heavy atom. The minimum atomic E-state index is 0.121. The SMILES string of the molecule is ClCc1coc(Oc2cc(Br)ccc2Cl)n1. The number of oxazole rings is 1. The first-order chi connectivity index (χ1) is 7.69. The zero-order valence-corrected chi connectivity index (χ0v) is 11.0. The molecule has 3 nitrogen and oxygen atoms in total. The van der Waals surface area contributed by atoms with Crippen LogP contribution in [0, 0.1) is 0 Å². The average molecular weight is 323 g/mol. The predicted molar refractivity (Wildman–Crippen MR) is 65.3 cm³/mol. The third kappa shape index (κ3) is 2.70. The van der Waals surface area contributed by atoms with Crippen molar-refractivity contribution in [3.8, 4) is 11.8 Å². The molecule has 0 radical (unpaired) electrons. The number of halogens is 3. The Morgan fingerprint density at radius 1 is 1.44 bits per heavy atom. The van der Waals surface area contributed by atoms with Crippen molar-refractivity contribution in [3.05, 3.63) is 39.7 Å². The first-order valence-corrected chi connectivity index (χ1v) is 6.03. The molecular weight excluding hydrogens is 317 g/mol. The molecule has 0 bridgehead atoms. The lowest BCUT2D eigenvalue weighted by Crippen LogP contribution is -1.86. The summed E-state index contributed by atoms with van der Waals surface area (Å²) in [4.78, 5) is 4.00. The topological polar surface area (TPSA) is 35.3 Å². The molecule has 0 aliphatic carbocycles. The lowest BCUT2D eigenvalue weighted by molar-refractivity contribution is 0.330. The minimum absolute atomic E-state index is 0.121. The van der Waals surface area contributed by atoms with Gasteiger partial charge in [-0.2, -0.15) is 4.98 Å². The Hall–Kier alpha value is -0.710. The van der Waals surface area contributed by atoms with Crippen LogP contribution in [0.3, 0.4) is 0 Å². The van der Waals surface area contributed by atoms with Crippen molar-refractivity contribution in [2.24, 2.45) is 0 Å². The van der Waals surface area contributed by atoms with E-state index in [1.54, 1.807) is 12.1 Å². The van der Waals surface area contributed by atoms with Crippen LogP contribution in [0.25, 0.3) is 0 Å². The zero-order chi connectivity index (χ0) is 11.5. The molecular formula is C10H6BrCl2NO2. The molecule has 0 unspecified atom stereocenters. The van der Waals surface area contributed by atoms with Crippen molar-refractivity contribution in [1.82, 2.24) is 4.98 Å². The van der Waals surface area contributed by atoms with Crippen LogP contribution >= 0.6 is 39.1 Å². The van der Waals surface area contributed by atoms with Gasteiger partial charge in [-0.15, -0.1) is 11.6 Å². The van der Waals surface area contributed by atoms with Gasteiger partial charge in [0.05, 0.1) is 16.6 Å². The van der Waals surface area contributed by atoms with E-state index in [0.29, 0.717) is 16.5 Å². The van der Waals surface area contributed by atoms with Crippen LogP contribution < -0.4 is 4.74 Å². The van der Waals surface area contributed by atoms with E-state index in [1.807, 2.05) is 6.07 Å². The van der Waals surface area contributed by atoms with Gasteiger partial charge < -0.3 is 9.15 Å². The first kappa shape index (κ1) is 11.8. The zero-order valence-electron chi connectivity index (χ0n) is 7.91. The molecule has 0 spiro atoms. The number of aromatic nitrogens is 1. The second-order valence-corrected chi connectivity index (χ2v) is 4.51. The van der Waals surface area contributed by atoms with Crippen LogP contribution in [0.5, 0.6) is 11.8 Å². The quantitative estimate of drug-likeness (QED) is 0.773. The Labute approximate surface area is 110 Å². The van der Waals surface area contributed by atoms with E-state index in [9.17, 15) is 0 Å². The first-order valence-electron chi connectivity index (χ1n) is 4.32. The number of hydrogen-bond acceptors (Lipinski definition) is 3. The molecule has 0 N–H and O–H groups in total. The Morgan fingerprint density at radius 3 is 2.94 bits per heavy atom. The molecule has 0 amide bonds. The van der Waals surface area contributed by atoms with Crippen molar-refractivity contribution in [3.63, 3.8) is 0 Å². The molecule has 1 heterocycles. The second-order valence-electron chi connectivity index (χ2n) is 2.92. The number of hydrogen-bond donors (Lipinski definition) is 0. The third-order valence-corrected chi connectivity index (χ3v) is 2.84. The molecule has 84 valence electrons. The van der Waals surface area contributed by atoms with E-state index < -0.39 is 0 Å². The van der Waals surface area contributed by atoms with Crippen LogP contribution in [0.2, 0.25) is 5.02 Å². The average Bonchev–Trinajstić information content (AvgIpc) is 2.71. The van der Waals surface area contributed by atoms with Crippen molar-refractivity contribution >= 4 is 39.1 Å². The van der Waals surface area contributed by atoms with Crippen molar-refractivity contribution in [1.29, 1.82) is 0 Å². The van der Waals surface area contributed by atoms with Gasteiger partial charge in [0, 0.05) is 4.47 Å². The van der Waals surface area contributed by atoms with Crippen molar-refractivity contribution < 1.29 is 9.15 Å². The Bertz CT molecular complexity index is 501. The summed E-state index contributed by atoms with van der Waals surface area (Å²) >= 11 is 14.9. The predicted octanol–water partition coefficient (Wildman–Crippen LogP) is 4.62.